The molecule has 0 radical (unpaired) electrons. The van der Waals surface area contributed by atoms with E-state index < -0.39 is 0 Å². The van der Waals surface area contributed by atoms with Gasteiger partial charge in [0.25, 0.3) is 5.91 Å². The first-order valence-corrected chi connectivity index (χ1v) is 6.25. The molecule has 2 rings (SSSR count). The molecule has 1 unspecified atom stereocenters. The van der Waals surface area contributed by atoms with Gasteiger partial charge in [-0.3, -0.25) is 14.6 Å². The predicted molar refractivity (Wildman–Crippen MR) is 71.4 cm³/mol. The Bertz CT molecular complexity index is 589. The van der Waals surface area contributed by atoms with Crippen LogP contribution in [0.5, 0.6) is 0 Å². The van der Waals surface area contributed by atoms with Crippen LogP contribution in [0.3, 0.4) is 0 Å². The number of nitrogens with two attached hydrogens (primary N) is 1. The number of primary amides is 1. The van der Waals surface area contributed by atoms with Gasteiger partial charge in [0.05, 0.1) is 11.5 Å². The Labute approximate surface area is 116 Å². The number of pyridine rings is 1. The minimum absolute atomic E-state index is 0.186. The summed E-state index contributed by atoms with van der Waals surface area (Å²) in [5.74, 6) is 4.37. The summed E-state index contributed by atoms with van der Waals surface area (Å²) < 4.78 is 0. The summed E-state index contributed by atoms with van der Waals surface area (Å²) in [6, 6.07) is 1.62. The maximum atomic E-state index is 12.3. The van der Waals surface area contributed by atoms with Gasteiger partial charge in [0, 0.05) is 31.0 Å². The largest absolute Gasteiger partial charge is 0.384 e. The molecule has 6 heteroatoms. The van der Waals surface area contributed by atoms with Gasteiger partial charge in [-0.25, -0.2) is 0 Å². The minimum atomic E-state index is -0.374. The highest BCUT2D eigenvalue weighted by Crippen LogP contribution is 2.18. The van der Waals surface area contributed by atoms with Gasteiger partial charge in [-0.05, 0) is 12.5 Å². The Morgan fingerprint density at radius 1 is 1.50 bits per heavy atom. The van der Waals surface area contributed by atoms with E-state index in [2.05, 4.69) is 16.8 Å². The van der Waals surface area contributed by atoms with E-state index in [1.807, 2.05) is 0 Å². The van der Waals surface area contributed by atoms with Crippen molar-refractivity contribution in [3.05, 3.63) is 29.6 Å². The second-order valence-corrected chi connectivity index (χ2v) is 4.56. The fraction of sp³-hybridized carbons (Fsp3) is 0.357. The van der Waals surface area contributed by atoms with Crippen molar-refractivity contribution in [3.63, 3.8) is 0 Å². The van der Waals surface area contributed by atoms with Crippen molar-refractivity contribution in [2.24, 2.45) is 11.7 Å². The Hall–Kier alpha value is -2.39. The molecule has 1 atom stereocenters. The van der Waals surface area contributed by atoms with Gasteiger partial charge in [-0.1, -0.05) is 11.8 Å². The summed E-state index contributed by atoms with van der Waals surface area (Å²) in [5.41, 5.74) is 6.23. The lowest BCUT2D eigenvalue weighted by molar-refractivity contribution is -0.121. The number of hydrogen-bond donors (Lipinski definition) is 2. The van der Waals surface area contributed by atoms with Gasteiger partial charge >= 0.3 is 0 Å². The summed E-state index contributed by atoms with van der Waals surface area (Å²) in [7, 11) is 0. The SMILES string of the molecule is NC(=O)C1CCN(C(=O)c2cncc(C#CCO)c2)C1. The summed E-state index contributed by atoms with van der Waals surface area (Å²) in [6.07, 6.45) is 3.58. The summed E-state index contributed by atoms with van der Waals surface area (Å²) in [4.78, 5) is 28.9. The van der Waals surface area contributed by atoms with E-state index in [1.54, 1.807) is 11.0 Å². The van der Waals surface area contributed by atoms with Gasteiger partial charge in [0.2, 0.25) is 5.91 Å². The van der Waals surface area contributed by atoms with Crippen LogP contribution in [0.15, 0.2) is 18.5 Å². The van der Waals surface area contributed by atoms with Crippen molar-refractivity contribution in [1.29, 1.82) is 0 Å². The van der Waals surface area contributed by atoms with Crippen molar-refractivity contribution in [2.75, 3.05) is 19.7 Å². The lowest BCUT2D eigenvalue weighted by Gasteiger charge is -2.15. The maximum Gasteiger partial charge on any atom is 0.255 e. The first-order valence-electron chi connectivity index (χ1n) is 6.25. The van der Waals surface area contributed by atoms with Crippen molar-refractivity contribution in [1.82, 2.24) is 9.88 Å². The molecule has 1 aliphatic heterocycles. The predicted octanol–water partition coefficient (Wildman–Crippen LogP) is -0.627. The van der Waals surface area contributed by atoms with Crippen LogP contribution in [0.25, 0.3) is 0 Å². The molecule has 20 heavy (non-hydrogen) atoms. The third-order valence-electron chi connectivity index (χ3n) is 3.17. The monoisotopic (exact) mass is 273 g/mol. The van der Waals surface area contributed by atoms with E-state index in [0.717, 1.165) is 0 Å². The fourth-order valence-corrected chi connectivity index (χ4v) is 2.13. The number of aliphatic hydroxyl groups is 1. The molecule has 0 aliphatic carbocycles. The van der Waals surface area contributed by atoms with E-state index >= 15 is 0 Å². The minimum Gasteiger partial charge on any atom is -0.384 e. The Morgan fingerprint density at radius 3 is 2.95 bits per heavy atom. The third kappa shape index (κ3) is 3.13. The highest BCUT2D eigenvalue weighted by Gasteiger charge is 2.30. The third-order valence-corrected chi connectivity index (χ3v) is 3.17. The highest BCUT2D eigenvalue weighted by atomic mass is 16.2. The lowest BCUT2D eigenvalue weighted by atomic mass is 10.1. The number of amides is 2. The maximum absolute atomic E-state index is 12.3. The molecule has 0 bridgehead atoms. The van der Waals surface area contributed by atoms with Gasteiger partial charge in [-0.2, -0.15) is 0 Å². The van der Waals surface area contributed by atoms with Crippen LogP contribution in [0.1, 0.15) is 22.3 Å². The second kappa shape index (κ2) is 6.17. The quantitative estimate of drug-likeness (QED) is 0.701. The molecule has 0 spiro atoms. The van der Waals surface area contributed by atoms with Crippen LogP contribution >= 0.6 is 0 Å². The van der Waals surface area contributed by atoms with E-state index in [1.165, 1.54) is 12.4 Å². The molecule has 2 heterocycles. The molecular weight excluding hydrogens is 258 g/mol. The molecule has 104 valence electrons. The van der Waals surface area contributed by atoms with E-state index in [0.29, 0.717) is 30.6 Å². The van der Waals surface area contributed by atoms with Crippen LogP contribution < -0.4 is 5.73 Å². The van der Waals surface area contributed by atoms with Gasteiger partial charge in [0.15, 0.2) is 0 Å². The molecule has 1 saturated heterocycles. The molecule has 0 aromatic carbocycles. The summed E-state index contributed by atoms with van der Waals surface area (Å²) in [5, 5.41) is 8.65. The normalized spacial score (nSPS) is 17.4. The van der Waals surface area contributed by atoms with Crippen LogP contribution in [0, 0.1) is 17.8 Å². The van der Waals surface area contributed by atoms with Crippen LogP contribution in [0.2, 0.25) is 0 Å². The zero-order valence-electron chi connectivity index (χ0n) is 10.9. The van der Waals surface area contributed by atoms with Crippen molar-refractivity contribution >= 4 is 11.8 Å². The second-order valence-electron chi connectivity index (χ2n) is 4.56. The van der Waals surface area contributed by atoms with Gasteiger partial charge < -0.3 is 15.7 Å². The number of carbonyl (C=O) groups is 2. The first-order chi connectivity index (χ1) is 9.61. The molecule has 3 N–H and O–H groups in total. The number of likely N-dealkylation sites (tertiary alicyclic amines) is 1. The summed E-state index contributed by atoms with van der Waals surface area (Å²) in [6.45, 7) is 0.615. The smallest absolute Gasteiger partial charge is 0.255 e. The first kappa shape index (κ1) is 14.0. The Kier molecular flexibility index (Phi) is 4.33. The van der Waals surface area contributed by atoms with E-state index in [9.17, 15) is 9.59 Å². The molecule has 6 nitrogen and oxygen atoms in total. The Balaban J connectivity index is 2.12. The van der Waals surface area contributed by atoms with E-state index in [4.69, 9.17) is 10.8 Å². The van der Waals surface area contributed by atoms with Crippen molar-refractivity contribution < 1.29 is 14.7 Å². The molecule has 2 amide bonds. The number of aliphatic hydroxyl groups excluding tert-OH is 1. The number of rotatable bonds is 2. The molecule has 1 aliphatic rings. The zero-order chi connectivity index (χ0) is 14.5. The molecule has 1 aromatic heterocycles. The average molecular weight is 273 g/mol. The highest BCUT2D eigenvalue weighted by molar-refractivity contribution is 5.95. The Morgan fingerprint density at radius 2 is 2.30 bits per heavy atom. The van der Waals surface area contributed by atoms with Crippen LogP contribution in [-0.2, 0) is 4.79 Å². The standard InChI is InChI=1S/C14H15N3O3/c15-13(19)11-3-4-17(9-11)14(20)12-6-10(2-1-5-18)7-16-8-12/h6-8,11,18H,3-5,9H2,(H2,15,19). The summed E-state index contributed by atoms with van der Waals surface area (Å²) >= 11 is 0. The fourth-order valence-electron chi connectivity index (χ4n) is 2.13. The number of aromatic nitrogens is 1. The van der Waals surface area contributed by atoms with Crippen molar-refractivity contribution in [3.8, 4) is 11.8 Å². The van der Waals surface area contributed by atoms with E-state index in [-0.39, 0.29) is 24.3 Å². The molecule has 1 aromatic rings. The zero-order valence-corrected chi connectivity index (χ0v) is 10.9. The molecule has 0 saturated carbocycles. The lowest BCUT2D eigenvalue weighted by Crippen LogP contribution is -2.31. The average Bonchev–Trinajstić information content (AvgIpc) is 2.94. The topological polar surface area (TPSA) is 96.5 Å². The molecular formula is C14H15N3O3. The number of nitrogens with zero attached hydrogens (tertiary/aromatic N) is 2. The van der Waals surface area contributed by atoms with Gasteiger partial charge in [-0.15, -0.1) is 0 Å². The van der Waals surface area contributed by atoms with Crippen LogP contribution in [-0.4, -0.2) is 46.5 Å². The number of hydrogen-bond acceptors (Lipinski definition) is 4. The number of carbonyl (C=O) groups excluding carboxylic acids is 2. The van der Waals surface area contributed by atoms with Crippen molar-refractivity contribution in [2.45, 2.75) is 6.42 Å². The molecule has 1 fully saturated rings. The van der Waals surface area contributed by atoms with Crippen LogP contribution in [0.4, 0.5) is 0 Å². The van der Waals surface area contributed by atoms with Gasteiger partial charge in [0.1, 0.15) is 6.61 Å².